The molecule has 0 fully saturated rings. The van der Waals surface area contributed by atoms with Crippen LogP contribution in [0, 0.1) is 13.8 Å². The summed E-state index contributed by atoms with van der Waals surface area (Å²) in [6.07, 6.45) is 1.57. The first-order chi connectivity index (χ1) is 8.16. The van der Waals surface area contributed by atoms with Gasteiger partial charge in [-0.05, 0) is 49.2 Å². The fourth-order valence-corrected chi connectivity index (χ4v) is 1.39. The minimum Gasteiger partial charge on any atom is -0.327 e. The average Bonchev–Trinajstić information content (AvgIpc) is 2.32. The van der Waals surface area contributed by atoms with Crippen LogP contribution in [0.25, 0.3) is 0 Å². The number of hydrogen-bond acceptors (Lipinski definition) is 3. The van der Waals surface area contributed by atoms with E-state index in [2.05, 4.69) is 15.2 Å². The van der Waals surface area contributed by atoms with Gasteiger partial charge in [-0.1, -0.05) is 6.07 Å². The smallest absolute Gasteiger partial charge is 0.275 e. The Labute approximate surface area is 99.0 Å². The van der Waals surface area contributed by atoms with E-state index in [0.29, 0.717) is 5.69 Å². The highest BCUT2D eigenvalue weighted by atomic mass is 16.1. The van der Waals surface area contributed by atoms with Crippen LogP contribution in [0.4, 0.5) is 11.4 Å². The number of benzene rings is 1. The Morgan fingerprint density at radius 1 is 1.06 bits per heavy atom. The van der Waals surface area contributed by atoms with E-state index in [1.165, 1.54) is 5.56 Å². The maximum Gasteiger partial charge on any atom is 0.275 e. The minimum atomic E-state index is -0.236. The lowest BCUT2D eigenvalue weighted by Crippen LogP contribution is -2.01. The largest absolute Gasteiger partial charge is 0.327 e. The molecule has 4 nitrogen and oxygen atoms in total. The van der Waals surface area contributed by atoms with Gasteiger partial charge < -0.3 is 4.98 Å². The second-order valence-electron chi connectivity index (χ2n) is 3.85. The molecule has 2 rings (SSSR count). The SMILES string of the molecule is Cc1ccc(N=Nc2ccc[nH]c2=O)cc1C. The van der Waals surface area contributed by atoms with Crippen molar-refractivity contribution in [1.29, 1.82) is 0 Å². The second kappa shape index (κ2) is 4.74. The van der Waals surface area contributed by atoms with Crippen molar-refractivity contribution in [1.82, 2.24) is 4.98 Å². The van der Waals surface area contributed by atoms with E-state index >= 15 is 0 Å². The Morgan fingerprint density at radius 3 is 2.59 bits per heavy atom. The summed E-state index contributed by atoms with van der Waals surface area (Å²) in [5, 5.41) is 7.97. The highest BCUT2D eigenvalue weighted by Gasteiger charge is 1.97. The number of nitrogens with zero attached hydrogens (tertiary/aromatic N) is 2. The number of H-pyrrole nitrogens is 1. The van der Waals surface area contributed by atoms with Crippen LogP contribution in [0.1, 0.15) is 11.1 Å². The molecule has 1 aromatic heterocycles. The highest BCUT2D eigenvalue weighted by Crippen LogP contribution is 2.19. The van der Waals surface area contributed by atoms with Gasteiger partial charge >= 0.3 is 0 Å². The normalized spacial score (nSPS) is 10.9. The molecule has 0 bridgehead atoms. The molecule has 0 saturated carbocycles. The number of pyridine rings is 1. The molecule has 0 aliphatic carbocycles. The summed E-state index contributed by atoms with van der Waals surface area (Å²) in [6.45, 7) is 4.06. The third-order valence-corrected chi connectivity index (χ3v) is 2.56. The summed E-state index contributed by atoms with van der Waals surface area (Å²) >= 11 is 0. The lowest BCUT2D eigenvalue weighted by atomic mass is 10.1. The van der Waals surface area contributed by atoms with Crippen LogP contribution in [0.15, 0.2) is 51.6 Å². The summed E-state index contributed by atoms with van der Waals surface area (Å²) in [4.78, 5) is 13.9. The van der Waals surface area contributed by atoms with Crippen molar-refractivity contribution >= 4 is 11.4 Å². The molecule has 0 saturated heterocycles. The van der Waals surface area contributed by atoms with Crippen LogP contribution in [-0.2, 0) is 0 Å². The molecule has 0 radical (unpaired) electrons. The molecule has 0 aliphatic rings. The maximum atomic E-state index is 11.4. The predicted octanol–water partition coefficient (Wildman–Crippen LogP) is 3.41. The summed E-state index contributed by atoms with van der Waals surface area (Å²) < 4.78 is 0. The third-order valence-electron chi connectivity index (χ3n) is 2.56. The van der Waals surface area contributed by atoms with Gasteiger partial charge in [0.2, 0.25) is 0 Å². The molecule has 1 N–H and O–H groups in total. The van der Waals surface area contributed by atoms with Gasteiger partial charge in [0, 0.05) is 6.20 Å². The molecule has 0 unspecified atom stereocenters. The number of aryl methyl sites for hydroxylation is 2. The number of aromatic amines is 1. The molecule has 2 aromatic rings. The predicted molar refractivity (Wildman–Crippen MR) is 67.2 cm³/mol. The van der Waals surface area contributed by atoms with Gasteiger partial charge in [0.15, 0.2) is 5.69 Å². The van der Waals surface area contributed by atoms with Crippen molar-refractivity contribution in [3.05, 3.63) is 58.0 Å². The van der Waals surface area contributed by atoms with Crippen molar-refractivity contribution in [3.63, 3.8) is 0 Å². The first-order valence-electron chi connectivity index (χ1n) is 5.33. The lowest BCUT2D eigenvalue weighted by Gasteiger charge is -1.99. The fraction of sp³-hybridized carbons (Fsp3) is 0.154. The van der Waals surface area contributed by atoms with Crippen LogP contribution in [-0.4, -0.2) is 4.98 Å². The van der Waals surface area contributed by atoms with Crippen LogP contribution >= 0.6 is 0 Å². The molecule has 0 spiro atoms. The topological polar surface area (TPSA) is 57.6 Å². The van der Waals surface area contributed by atoms with E-state index in [0.717, 1.165) is 11.3 Å². The zero-order valence-electron chi connectivity index (χ0n) is 9.77. The van der Waals surface area contributed by atoms with Gasteiger partial charge in [-0.25, -0.2) is 0 Å². The van der Waals surface area contributed by atoms with Gasteiger partial charge in [0.05, 0.1) is 5.69 Å². The molecular weight excluding hydrogens is 214 g/mol. The van der Waals surface area contributed by atoms with Gasteiger partial charge in [0.25, 0.3) is 5.56 Å². The van der Waals surface area contributed by atoms with Gasteiger partial charge in [-0.3, -0.25) is 4.79 Å². The van der Waals surface area contributed by atoms with E-state index in [4.69, 9.17) is 0 Å². The number of rotatable bonds is 2. The van der Waals surface area contributed by atoms with Crippen molar-refractivity contribution < 1.29 is 0 Å². The van der Waals surface area contributed by atoms with Crippen molar-refractivity contribution in [3.8, 4) is 0 Å². The lowest BCUT2D eigenvalue weighted by molar-refractivity contribution is 1.15. The third kappa shape index (κ3) is 2.66. The van der Waals surface area contributed by atoms with E-state index in [-0.39, 0.29) is 5.56 Å². The standard InChI is InChI=1S/C13H13N3O/c1-9-5-6-11(8-10(9)2)15-16-12-4-3-7-14-13(12)17/h3-8H,1-2H3,(H,14,17). The molecule has 17 heavy (non-hydrogen) atoms. The highest BCUT2D eigenvalue weighted by molar-refractivity contribution is 5.43. The second-order valence-corrected chi connectivity index (χ2v) is 3.85. The van der Waals surface area contributed by atoms with E-state index in [1.807, 2.05) is 32.0 Å². The Hall–Kier alpha value is -2.23. The maximum absolute atomic E-state index is 11.4. The molecule has 86 valence electrons. The Kier molecular flexibility index (Phi) is 3.14. The van der Waals surface area contributed by atoms with Gasteiger partial charge in [0.1, 0.15) is 0 Å². The Balaban J connectivity index is 2.29. The van der Waals surface area contributed by atoms with E-state index in [1.54, 1.807) is 18.3 Å². The zero-order valence-corrected chi connectivity index (χ0v) is 9.77. The number of nitrogens with one attached hydrogen (secondary N) is 1. The van der Waals surface area contributed by atoms with Crippen molar-refractivity contribution in [2.45, 2.75) is 13.8 Å². The van der Waals surface area contributed by atoms with Crippen LogP contribution in [0.3, 0.4) is 0 Å². The summed E-state index contributed by atoms with van der Waals surface area (Å²) in [5.41, 5.74) is 3.19. The van der Waals surface area contributed by atoms with Crippen LogP contribution in [0.5, 0.6) is 0 Å². The number of hydrogen-bond donors (Lipinski definition) is 1. The minimum absolute atomic E-state index is 0.236. The first kappa shape index (κ1) is 11.3. The number of aromatic nitrogens is 1. The molecule has 4 heteroatoms. The molecule has 0 aliphatic heterocycles. The average molecular weight is 227 g/mol. The molecule has 1 aromatic carbocycles. The summed E-state index contributed by atoms with van der Waals surface area (Å²) in [6, 6.07) is 9.15. The van der Waals surface area contributed by atoms with E-state index < -0.39 is 0 Å². The van der Waals surface area contributed by atoms with Crippen LogP contribution in [0.2, 0.25) is 0 Å². The summed E-state index contributed by atoms with van der Waals surface area (Å²) in [7, 11) is 0. The fourth-order valence-electron chi connectivity index (χ4n) is 1.39. The molecule has 0 atom stereocenters. The molecular formula is C13H13N3O. The molecule has 0 amide bonds. The van der Waals surface area contributed by atoms with Crippen LogP contribution < -0.4 is 5.56 Å². The zero-order chi connectivity index (χ0) is 12.3. The van der Waals surface area contributed by atoms with Gasteiger partial charge in [-0.2, -0.15) is 5.11 Å². The number of azo groups is 1. The summed E-state index contributed by atoms with van der Waals surface area (Å²) in [5.74, 6) is 0. The quantitative estimate of drug-likeness (QED) is 0.785. The van der Waals surface area contributed by atoms with E-state index in [9.17, 15) is 4.79 Å². The monoisotopic (exact) mass is 227 g/mol. The Bertz CT molecular complexity index is 614. The Morgan fingerprint density at radius 2 is 1.88 bits per heavy atom. The van der Waals surface area contributed by atoms with Crippen molar-refractivity contribution in [2.24, 2.45) is 10.2 Å². The van der Waals surface area contributed by atoms with Crippen molar-refractivity contribution in [2.75, 3.05) is 0 Å². The first-order valence-corrected chi connectivity index (χ1v) is 5.33. The van der Waals surface area contributed by atoms with Gasteiger partial charge in [-0.15, -0.1) is 5.11 Å². The molecule has 1 heterocycles.